The zero-order chi connectivity index (χ0) is 18.8. The van der Waals surface area contributed by atoms with Crippen molar-refractivity contribution in [2.75, 3.05) is 46.6 Å². The van der Waals surface area contributed by atoms with Crippen LogP contribution in [0.3, 0.4) is 0 Å². The Hall–Kier alpha value is -1.63. The van der Waals surface area contributed by atoms with Crippen molar-refractivity contribution in [3.8, 4) is 5.75 Å². The fourth-order valence-corrected chi connectivity index (χ4v) is 3.15. The van der Waals surface area contributed by atoms with E-state index in [9.17, 15) is 4.79 Å². The van der Waals surface area contributed by atoms with E-state index in [1.807, 2.05) is 24.3 Å². The first-order valence-electron chi connectivity index (χ1n) is 9.37. The number of carbonyl (C=O) groups is 1. The van der Waals surface area contributed by atoms with Crippen LogP contribution in [-0.2, 0) is 20.9 Å². The molecule has 1 N–H and O–H groups in total. The van der Waals surface area contributed by atoms with Gasteiger partial charge in [0, 0.05) is 25.7 Å². The van der Waals surface area contributed by atoms with E-state index in [0.717, 1.165) is 44.0 Å². The van der Waals surface area contributed by atoms with Crippen LogP contribution in [0.25, 0.3) is 0 Å². The molecule has 0 unspecified atom stereocenters. The van der Waals surface area contributed by atoms with Crippen molar-refractivity contribution in [1.82, 2.24) is 10.2 Å². The highest BCUT2D eigenvalue weighted by molar-refractivity contribution is 5.77. The topological polar surface area (TPSA) is 60.0 Å². The van der Waals surface area contributed by atoms with Gasteiger partial charge < -0.3 is 19.5 Å². The van der Waals surface area contributed by atoms with Gasteiger partial charge in [0.05, 0.1) is 26.9 Å². The second-order valence-corrected chi connectivity index (χ2v) is 7.08. The van der Waals surface area contributed by atoms with Crippen LogP contribution in [0.15, 0.2) is 24.3 Å². The zero-order valence-corrected chi connectivity index (χ0v) is 16.2. The molecule has 0 spiro atoms. The molecule has 6 nitrogen and oxygen atoms in total. The van der Waals surface area contributed by atoms with Crippen LogP contribution in [-0.4, -0.2) is 63.4 Å². The summed E-state index contributed by atoms with van der Waals surface area (Å²) in [6.45, 7) is 8.94. The van der Waals surface area contributed by atoms with E-state index in [4.69, 9.17) is 14.2 Å². The van der Waals surface area contributed by atoms with Gasteiger partial charge in [0.1, 0.15) is 12.4 Å². The Kier molecular flexibility index (Phi) is 8.88. The maximum atomic E-state index is 12.1. The summed E-state index contributed by atoms with van der Waals surface area (Å²) in [6.07, 6.45) is 1.06. The van der Waals surface area contributed by atoms with Crippen LogP contribution < -0.4 is 10.1 Å². The number of nitrogens with zero attached hydrogens (tertiary/aromatic N) is 1. The highest BCUT2D eigenvalue weighted by Gasteiger charge is 2.22. The Labute approximate surface area is 156 Å². The quantitative estimate of drug-likeness (QED) is 0.689. The van der Waals surface area contributed by atoms with Gasteiger partial charge in [-0.3, -0.25) is 9.69 Å². The summed E-state index contributed by atoms with van der Waals surface area (Å²) in [5.41, 5.74) is 0.989. The lowest BCUT2D eigenvalue weighted by atomic mass is 10.0. The van der Waals surface area contributed by atoms with Crippen molar-refractivity contribution in [2.24, 2.45) is 5.92 Å². The van der Waals surface area contributed by atoms with E-state index in [1.165, 1.54) is 0 Å². The largest absolute Gasteiger partial charge is 0.497 e. The predicted octanol–water partition coefficient (Wildman–Crippen LogP) is 2.07. The van der Waals surface area contributed by atoms with Gasteiger partial charge in [-0.25, -0.2) is 0 Å². The lowest BCUT2D eigenvalue weighted by Crippen LogP contribution is -2.49. The molecule has 1 heterocycles. The molecule has 0 radical (unpaired) electrons. The molecule has 1 aliphatic rings. The third kappa shape index (κ3) is 7.32. The number of hydrogen-bond acceptors (Lipinski definition) is 5. The summed E-state index contributed by atoms with van der Waals surface area (Å²) >= 11 is 0. The smallest absolute Gasteiger partial charge is 0.246 e. The summed E-state index contributed by atoms with van der Waals surface area (Å²) < 4.78 is 16.2. The van der Waals surface area contributed by atoms with Crippen molar-refractivity contribution in [2.45, 2.75) is 32.9 Å². The van der Waals surface area contributed by atoms with Crippen molar-refractivity contribution in [3.05, 3.63) is 29.8 Å². The van der Waals surface area contributed by atoms with E-state index >= 15 is 0 Å². The zero-order valence-electron chi connectivity index (χ0n) is 16.2. The number of amides is 1. The van der Waals surface area contributed by atoms with Crippen LogP contribution in [0.2, 0.25) is 0 Å². The van der Waals surface area contributed by atoms with Crippen LogP contribution in [0.5, 0.6) is 5.75 Å². The molecule has 0 aliphatic carbocycles. The molecule has 2 rings (SSSR count). The van der Waals surface area contributed by atoms with E-state index in [0.29, 0.717) is 25.1 Å². The number of morpholine rings is 1. The molecule has 1 saturated heterocycles. The fraction of sp³-hybridized carbons (Fsp3) is 0.650. The summed E-state index contributed by atoms with van der Waals surface area (Å²) in [7, 11) is 1.63. The number of ether oxygens (including phenoxy) is 3. The predicted molar refractivity (Wildman–Crippen MR) is 101 cm³/mol. The minimum atomic E-state index is -0.0742. The third-order valence-corrected chi connectivity index (χ3v) is 4.48. The van der Waals surface area contributed by atoms with E-state index in [1.54, 1.807) is 7.11 Å². The number of benzene rings is 1. The lowest BCUT2D eigenvalue weighted by Gasteiger charge is -2.35. The van der Waals surface area contributed by atoms with Crippen LogP contribution in [0, 0.1) is 5.92 Å². The molecule has 0 saturated carbocycles. The fourth-order valence-electron chi connectivity index (χ4n) is 3.15. The number of nitrogens with one attached hydrogen (secondary N) is 1. The molecule has 1 atom stereocenters. The van der Waals surface area contributed by atoms with Crippen molar-refractivity contribution in [1.29, 1.82) is 0 Å². The summed E-state index contributed by atoms with van der Waals surface area (Å²) in [4.78, 5) is 14.5. The van der Waals surface area contributed by atoms with Gasteiger partial charge in [-0.1, -0.05) is 26.0 Å². The SMILES string of the molecule is COc1cccc(COCC(=O)NC[C@H](CC(C)C)N2CCOCC2)c1. The van der Waals surface area contributed by atoms with Gasteiger partial charge in [-0.15, -0.1) is 0 Å². The second-order valence-electron chi connectivity index (χ2n) is 7.08. The highest BCUT2D eigenvalue weighted by Crippen LogP contribution is 2.14. The lowest BCUT2D eigenvalue weighted by molar-refractivity contribution is -0.126. The van der Waals surface area contributed by atoms with E-state index in [2.05, 4.69) is 24.1 Å². The van der Waals surface area contributed by atoms with Gasteiger partial charge in [0.2, 0.25) is 5.91 Å². The minimum Gasteiger partial charge on any atom is -0.497 e. The normalized spacial score (nSPS) is 16.5. The Morgan fingerprint density at radius 2 is 2.08 bits per heavy atom. The number of methoxy groups -OCH3 is 1. The molecule has 1 fully saturated rings. The second kappa shape index (κ2) is 11.2. The number of rotatable bonds is 10. The third-order valence-electron chi connectivity index (χ3n) is 4.48. The van der Waals surface area contributed by atoms with Crippen LogP contribution in [0.4, 0.5) is 0 Å². The maximum Gasteiger partial charge on any atom is 0.246 e. The molecule has 26 heavy (non-hydrogen) atoms. The molecular formula is C20H32N2O4. The average Bonchev–Trinajstić information content (AvgIpc) is 2.65. The van der Waals surface area contributed by atoms with Gasteiger partial charge in [0.25, 0.3) is 0 Å². The van der Waals surface area contributed by atoms with Gasteiger partial charge in [-0.2, -0.15) is 0 Å². The molecule has 1 aliphatic heterocycles. The molecule has 1 aromatic carbocycles. The standard InChI is InChI=1S/C20H32N2O4/c1-16(2)11-18(22-7-9-25-10-8-22)13-21-20(23)15-26-14-17-5-4-6-19(12-17)24-3/h4-6,12,16,18H,7-11,13-15H2,1-3H3,(H,21,23)/t18-/m0/s1. The number of hydrogen-bond donors (Lipinski definition) is 1. The molecule has 0 bridgehead atoms. The summed E-state index contributed by atoms with van der Waals surface area (Å²) in [5, 5.41) is 3.02. The highest BCUT2D eigenvalue weighted by atomic mass is 16.5. The van der Waals surface area contributed by atoms with Gasteiger partial charge in [0.15, 0.2) is 0 Å². The minimum absolute atomic E-state index is 0.0642. The number of carbonyl (C=O) groups excluding carboxylic acids is 1. The first kappa shape index (κ1) is 20.7. The molecule has 0 aromatic heterocycles. The van der Waals surface area contributed by atoms with Crippen molar-refractivity contribution in [3.63, 3.8) is 0 Å². The van der Waals surface area contributed by atoms with Crippen molar-refractivity contribution >= 4 is 5.91 Å². The Morgan fingerprint density at radius 3 is 2.77 bits per heavy atom. The summed E-state index contributed by atoms with van der Waals surface area (Å²) in [5.74, 6) is 1.30. The molecule has 146 valence electrons. The van der Waals surface area contributed by atoms with E-state index < -0.39 is 0 Å². The van der Waals surface area contributed by atoms with E-state index in [-0.39, 0.29) is 12.5 Å². The molecule has 1 amide bonds. The molecule has 1 aromatic rings. The van der Waals surface area contributed by atoms with Crippen LogP contribution >= 0.6 is 0 Å². The van der Waals surface area contributed by atoms with Crippen LogP contribution in [0.1, 0.15) is 25.8 Å². The Bertz CT molecular complexity index is 544. The van der Waals surface area contributed by atoms with Gasteiger partial charge in [-0.05, 0) is 30.0 Å². The first-order chi connectivity index (χ1) is 12.6. The Balaban J connectivity index is 1.72. The maximum absolute atomic E-state index is 12.1. The van der Waals surface area contributed by atoms with Crippen molar-refractivity contribution < 1.29 is 19.0 Å². The monoisotopic (exact) mass is 364 g/mol. The first-order valence-corrected chi connectivity index (χ1v) is 9.37. The molecular weight excluding hydrogens is 332 g/mol. The summed E-state index contributed by atoms with van der Waals surface area (Å²) in [6, 6.07) is 8.01. The average molecular weight is 364 g/mol. The van der Waals surface area contributed by atoms with Gasteiger partial charge >= 0.3 is 0 Å². The molecule has 6 heteroatoms. The Morgan fingerprint density at radius 1 is 1.31 bits per heavy atom.